The second kappa shape index (κ2) is 5.87. The molecule has 0 unspecified atom stereocenters. The Labute approximate surface area is 148 Å². The van der Waals surface area contributed by atoms with Gasteiger partial charge in [0.05, 0.1) is 5.37 Å². The number of aliphatic hydroxyl groups is 1. The van der Waals surface area contributed by atoms with Crippen LogP contribution in [0.15, 0.2) is 0 Å². The maximum atomic E-state index is 12.6. The average Bonchev–Trinajstić information content (AvgIpc) is 3.07. The number of carbonyl (C=O) groups excluding carboxylic acids is 3. The van der Waals surface area contributed by atoms with Crippen LogP contribution in [0.1, 0.15) is 26.7 Å². The van der Waals surface area contributed by atoms with Crippen molar-refractivity contribution in [2.45, 2.75) is 55.0 Å². The highest BCUT2D eigenvalue weighted by Crippen LogP contribution is 2.54. The zero-order valence-corrected chi connectivity index (χ0v) is 14.7. The van der Waals surface area contributed by atoms with Crippen molar-refractivity contribution >= 4 is 35.5 Å². The first-order valence-electron chi connectivity index (χ1n) is 8.08. The van der Waals surface area contributed by atoms with Gasteiger partial charge < -0.3 is 25.7 Å². The zero-order chi connectivity index (χ0) is 18.7. The van der Waals surface area contributed by atoms with Crippen LogP contribution in [0.5, 0.6) is 0 Å². The number of hydrogen-bond donors (Lipinski definition) is 3. The summed E-state index contributed by atoms with van der Waals surface area (Å²) in [6.45, 7) is 3.74. The van der Waals surface area contributed by atoms with Gasteiger partial charge in [-0.15, -0.1) is 11.8 Å². The lowest BCUT2D eigenvalue weighted by Gasteiger charge is -2.45. The van der Waals surface area contributed by atoms with Gasteiger partial charge in [0.2, 0.25) is 11.8 Å². The highest BCUT2D eigenvalue weighted by atomic mass is 32.2. The van der Waals surface area contributed by atoms with Crippen LogP contribution in [0, 0.1) is 5.92 Å². The summed E-state index contributed by atoms with van der Waals surface area (Å²) in [7, 11) is 0. The van der Waals surface area contributed by atoms with E-state index in [0.717, 1.165) is 0 Å². The summed E-state index contributed by atoms with van der Waals surface area (Å²) in [6, 6.07) is -1.77. The summed E-state index contributed by atoms with van der Waals surface area (Å²) >= 11 is 1.26. The fraction of sp³-hybridized carbons (Fsp3) is 0.733. The molecule has 3 heterocycles. The minimum Gasteiger partial charge on any atom is -0.480 e. The minimum atomic E-state index is -1.61. The number of fused-ring (bicyclic) bond motifs is 1. The normalized spacial score (nSPS) is 34.4. The van der Waals surface area contributed by atoms with E-state index in [1.165, 1.54) is 21.6 Å². The summed E-state index contributed by atoms with van der Waals surface area (Å²) in [6.07, 6.45) is -0.571. The Morgan fingerprint density at radius 3 is 2.56 bits per heavy atom. The number of aliphatic carboxylic acids is 1. The molecule has 0 bridgehead atoms. The van der Waals surface area contributed by atoms with E-state index in [4.69, 9.17) is 5.73 Å². The molecule has 4 N–H and O–H groups in total. The molecule has 0 radical (unpaired) electrons. The maximum absolute atomic E-state index is 12.6. The van der Waals surface area contributed by atoms with Gasteiger partial charge in [0.15, 0.2) is 0 Å². The number of hydrogen-bond acceptors (Lipinski definition) is 6. The number of carbonyl (C=O) groups is 4. The molecule has 3 rings (SSSR count). The van der Waals surface area contributed by atoms with Crippen molar-refractivity contribution in [2.24, 2.45) is 11.7 Å². The lowest BCUT2D eigenvalue weighted by molar-refractivity contribution is -0.173. The van der Waals surface area contributed by atoms with Crippen LogP contribution in [0.25, 0.3) is 0 Å². The van der Waals surface area contributed by atoms with Gasteiger partial charge in [0, 0.05) is 11.3 Å². The van der Waals surface area contributed by atoms with Crippen LogP contribution in [0.3, 0.4) is 0 Å². The predicted octanol–water partition coefficient (Wildman–Crippen LogP) is -1.41. The third kappa shape index (κ3) is 2.58. The van der Waals surface area contributed by atoms with E-state index in [1.807, 2.05) is 0 Å². The Hall–Kier alpha value is -1.81. The summed E-state index contributed by atoms with van der Waals surface area (Å²) in [5.41, 5.74) is 5.29. The summed E-state index contributed by atoms with van der Waals surface area (Å²) in [5.74, 6) is -4.00. The predicted molar refractivity (Wildman–Crippen MR) is 87.2 cm³/mol. The highest BCUT2D eigenvalue weighted by molar-refractivity contribution is 8.01. The Morgan fingerprint density at radius 1 is 1.36 bits per heavy atom. The number of nitrogens with zero attached hydrogens (tertiary/aromatic N) is 2. The van der Waals surface area contributed by atoms with Gasteiger partial charge in [0.25, 0.3) is 5.91 Å². The van der Waals surface area contributed by atoms with Gasteiger partial charge in [-0.1, -0.05) is 0 Å². The monoisotopic (exact) mass is 371 g/mol. The molecule has 3 saturated heterocycles. The average molecular weight is 371 g/mol. The van der Waals surface area contributed by atoms with Crippen LogP contribution >= 0.6 is 11.8 Å². The minimum absolute atomic E-state index is 0.301. The largest absolute Gasteiger partial charge is 0.480 e. The lowest BCUT2D eigenvalue weighted by atomic mass is 9.87. The molecule has 3 fully saturated rings. The second-order valence-corrected chi connectivity index (χ2v) is 8.93. The number of β-lactam (4-membered cyclic amide) rings is 1. The molecule has 25 heavy (non-hydrogen) atoms. The molecular formula is C15H21N3O6S. The Balaban J connectivity index is 1.78. The fourth-order valence-corrected chi connectivity index (χ4v) is 5.70. The van der Waals surface area contributed by atoms with Crippen LogP contribution in [0.4, 0.5) is 0 Å². The van der Waals surface area contributed by atoms with Crippen LogP contribution < -0.4 is 5.73 Å². The van der Waals surface area contributed by atoms with E-state index in [-0.39, 0.29) is 0 Å². The van der Waals surface area contributed by atoms with E-state index in [1.54, 1.807) is 13.8 Å². The summed E-state index contributed by atoms with van der Waals surface area (Å²) in [5, 5.41) is 19.3. The number of carboxylic acid groups (broad SMARTS) is 1. The molecule has 5 atom stereocenters. The molecule has 0 aromatic heterocycles. The van der Waals surface area contributed by atoms with E-state index >= 15 is 0 Å². The summed E-state index contributed by atoms with van der Waals surface area (Å²) in [4.78, 5) is 50.4. The van der Waals surface area contributed by atoms with Crippen molar-refractivity contribution in [1.29, 1.82) is 0 Å². The van der Waals surface area contributed by atoms with Crippen molar-refractivity contribution < 1.29 is 29.4 Å². The van der Waals surface area contributed by atoms with Gasteiger partial charge >= 0.3 is 5.97 Å². The fourth-order valence-electron chi connectivity index (χ4n) is 3.98. The van der Waals surface area contributed by atoms with E-state index in [2.05, 4.69) is 0 Å². The number of aliphatic hydroxyl groups excluding tert-OH is 1. The first kappa shape index (κ1) is 18.0. The number of amides is 3. The molecular weight excluding hydrogens is 350 g/mol. The number of rotatable bonds is 4. The van der Waals surface area contributed by atoms with E-state index in [0.29, 0.717) is 19.4 Å². The number of likely N-dealkylation sites (tertiary alicyclic amines) is 1. The smallest absolute Gasteiger partial charge is 0.327 e. The Morgan fingerprint density at radius 2 is 2.00 bits per heavy atom. The molecule has 0 spiro atoms. The summed E-state index contributed by atoms with van der Waals surface area (Å²) < 4.78 is -0.729. The third-order valence-corrected chi connectivity index (χ3v) is 6.77. The Bertz CT molecular complexity index is 653. The van der Waals surface area contributed by atoms with Crippen LogP contribution in [0.2, 0.25) is 0 Å². The first-order chi connectivity index (χ1) is 11.6. The molecule has 0 saturated carbocycles. The molecule has 9 nitrogen and oxygen atoms in total. The number of thioether (sulfide) groups is 1. The number of nitrogens with two attached hydrogens (primary N) is 1. The third-order valence-electron chi connectivity index (χ3n) is 5.17. The van der Waals surface area contributed by atoms with Crippen molar-refractivity contribution in [3.8, 4) is 0 Å². The van der Waals surface area contributed by atoms with Gasteiger partial charge in [-0.05, 0) is 26.7 Å². The van der Waals surface area contributed by atoms with Crippen molar-refractivity contribution in [3.05, 3.63) is 0 Å². The number of primary amides is 1. The second-order valence-electron chi connectivity index (χ2n) is 7.16. The molecule has 0 aromatic rings. The van der Waals surface area contributed by atoms with Crippen molar-refractivity contribution in [1.82, 2.24) is 9.80 Å². The SMILES string of the molecule is CC1(C)S[C@@H]2[C@H]([C@H](O)C(=O)N3CCC[C@H]3C(N)=O)C(=O)N2[C@H]1C(=O)O. The standard InChI is InChI=1S/C15H21N3O6S/c1-15(2)9(14(23)24)18-11(21)7(13(18)25-15)8(19)12(22)17-5-3-4-6(17)10(16)20/h6-9,13,19H,3-5H2,1-2H3,(H2,16,20)(H,23,24)/t6-,7+,8-,9-,13+/m0/s1. The van der Waals surface area contributed by atoms with Crippen LogP contribution in [-0.4, -0.2) is 78.6 Å². The molecule has 3 aliphatic heterocycles. The topological polar surface area (TPSA) is 141 Å². The van der Waals surface area contributed by atoms with Crippen LogP contribution in [-0.2, 0) is 19.2 Å². The van der Waals surface area contributed by atoms with Gasteiger partial charge in [-0.25, -0.2) is 4.79 Å². The first-order valence-corrected chi connectivity index (χ1v) is 8.96. The molecule has 3 amide bonds. The molecule has 0 aromatic carbocycles. The zero-order valence-electron chi connectivity index (χ0n) is 13.9. The van der Waals surface area contributed by atoms with E-state index < -0.39 is 57.9 Å². The van der Waals surface area contributed by atoms with Crippen molar-refractivity contribution in [2.75, 3.05) is 6.54 Å². The van der Waals surface area contributed by atoms with Gasteiger partial charge in [0.1, 0.15) is 24.1 Å². The molecule has 10 heteroatoms. The number of carboxylic acids is 1. The van der Waals surface area contributed by atoms with Crippen molar-refractivity contribution in [3.63, 3.8) is 0 Å². The molecule has 138 valence electrons. The Kier molecular flexibility index (Phi) is 4.23. The van der Waals surface area contributed by atoms with Gasteiger partial charge in [-0.2, -0.15) is 0 Å². The highest BCUT2D eigenvalue weighted by Gasteiger charge is 2.66. The van der Waals surface area contributed by atoms with E-state index in [9.17, 15) is 29.4 Å². The molecule has 0 aliphatic carbocycles. The van der Waals surface area contributed by atoms with Gasteiger partial charge in [-0.3, -0.25) is 14.4 Å². The molecule has 3 aliphatic rings. The maximum Gasteiger partial charge on any atom is 0.327 e. The lowest BCUT2D eigenvalue weighted by Crippen LogP contribution is -2.67. The quantitative estimate of drug-likeness (QED) is 0.515.